The second-order valence-corrected chi connectivity index (χ2v) is 7.08. The minimum absolute atomic E-state index is 0.0147. The molecule has 4 rings (SSSR count). The van der Waals surface area contributed by atoms with Crippen LogP contribution in [0.5, 0.6) is 0 Å². The number of rotatable bonds is 5. The second-order valence-electron chi connectivity index (χ2n) is 7.08. The fraction of sp³-hybridized carbons (Fsp3) is 0.444. The third-order valence-corrected chi connectivity index (χ3v) is 5.06. The van der Waals surface area contributed by atoms with E-state index in [4.69, 9.17) is 4.74 Å². The van der Waals surface area contributed by atoms with Gasteiger partial charge in [0.25, 0.3) is 0 Å². The van der Waals surface area contributed by atoms with Gasteiger partial charge in [0, 0.05) is 38.3 Å². The van der Waals surface area contributed by atoms with E-state index in [0.29, 0.717) is 19.5 Å². The van der Waals surface area contributed by atoms with Crippen LogP contribution in [0.25, 0.3) is 0 Å². The maximum Gasteiger partial charge on any atom is 0.414 e. The van der Waals surface area contributed by atoms with Crippen LogP contribution in [0.2, 0.25) is 0 Å². The predicted molar refractivity (Wildman–Crippen MR) is 98.5 cm³/mol. The Labute approximate surface area is 165 Å². The van der Waals surface area contributed by atoms with Crippen LogP contribution in [-0.4, -0.2) is 59.3 Å². The van der Waals surface area contributed by atoms with Gasteiger partial charge in [0.1, 0.15) is 11.8 Å². The predicted octanol–water partition coefficient (Wildman–Crippen LogP) is 1.47. The first-order chi connectivity index (χ1) is 13.9. The van der Waals surface area contributed by atoms with Gasteiger partial charge in [0.05, 0.1) is 31.0 Å². The van der Waals surface area contributed by atoms with E-state index in [1.807, 2.05) is 0 Å². The summed E-state index contributed by atoms with van der Waals surface area (Å²) in [6, 6.07) is 2.24. The van der Waals surface area contributed by atoms with Crippen molar-refractivity contribution in [3.63, 3.8) is 0 Å². The molecule has 1 N–H and O–H groups in total. The molecule has 0 bridgehead atoms. The van der Waals surface area contributed by atoms with Crippen molar-refractivity contribution < 1.29 is 23.1 Å². The molecule has 1 aromatic carbocycles. The van der Waals surface area contributed by atoms with Crippen LogP contribution in [0.4, 0.5) is 25.0 Å². The lowest BCUT2D eigenvalue weighted by Crippen LogP contribution is -2.33. The molecule has 9 nitrogen and oxygen atoms in total. The van der Waals surface area contributed by atoms with E-state index in [1.165, 1.54) is 6.92 Å². The molecule has 1 unspecified atom stereocenters. The van der Waals surface area contributed by atoms with Gasteiger partial charge in [-0.15, -0.1) is 5.10 Å². The third kappa shape index (κ3) is 3.84. The Hall–Kier alpha value is -3.24. The number of ether oxygens (including phenoxy) is 1. The molecule has 29 heavy (non-hydrogen) atoms. The third-order valence-electron chi connectivity index (χ3n) is 5.06. The molecule has 2 aromatic rings. The summed E-state index contributed by atoms with van der Waals surface area (Å²) in [6.07, 6.45) is 2.68. The van der Waals surface area contributed by atoms with Crippen LogP contribution in [0.1, 0.15) is 19.4 Å². The number of aromatic nitrogens is 3. The average Bonchev–Trinajstić information content (AvgIpc) is 3.40. The van der Waals surface area contributed by atoms with E-state index < -0.39 is 23.8 Å². The molecule has 2 fully saturated rings. The molecule has 11 heteroatoms. The van der Waals surface area contributed by atoms with E-state index >= 15 is 0 Å². The Morgan fingerprint density at radius 3 is 2.72 bits per heavy atom. The van der Waals surface area contributed by atoms with Crippen molar-refractivity contribution in [2.45, 2.75) is 25.5 Å². The van der Waals surface area contributed by atoms with E-state index in [1.54, 1.807) is 22.0 Å². The molecule has 2 aliphatic heterocycles. The number of hydrogen-bond donors (Lipinski definition) is 1. The monoisotopic (exact) mass is 406 g/mol. The topological polar surface area (TPSA) is 92.6 Å². The molecule has 2 aliphatic rings. The first-order valence-corrected chi connectivity index (χ1v) is 9.24. The van der Waals surface area contributed by atoms with Crippen molar-refractivity contribution in [1.82, 2.24) is 20.3 Å². The van der Waals surface area contributed by atoms with Gasteiger partial charge >= 0.3 is 6.09 Å². The normalized spacial score (nSPS) is 21.6. The highest BCUT2D eigenvalue weighted by atomic mass is 19.1. The van der Waals surface area contributed by atoms with Crippen molar-refractivity contribution in [2.75, 3.05) is 36.0 Å². The van der Waals surface area contributed by atoms with Crippen LogP contribution in [0.3, 0.4) is 0 Å². The number of benzene rings is 1. The largest absolute Gasteiger partial charge is 0.442 e. The van der Waals surface area contributed by atoms with Gasteiger partial charge < -0.3 is 15.0 Å². The van der Waals surface area contributed by atoms with Crippen molar-refractivity contribution in [3.8, 4) is 0 Å². The van der Waals surface area contributed by atoms with E-state index in [2.05, 4.69) is 15.6 Å². The summed E-state index contributed by atoms with van der Waals surface area (Å²) in [7, 11) is 0. The van der Waals surface area contributed by atoms with Crippen LogP contribution in [0.15, 0.2) is 24.5 Å². The zero-order chi connectivity index (χ0) is 20.5. The van der Waals surface area contributed by atoms with Crippen molar-refractivity contribution in [2.24, 2.45) is 0 Å². The van der Waals surface area contributed by atoms with Crippen LogP contribution in [0, 0.1) is 11.6 Å². The van der Waals surface area contributed by atoms with Gasteiger partial charge in [-0.2, -0.15) is 0 Å². The lowest BCUT2D eigenvalue weighted by atomic mass is 10.2. The van der Waals surface area contributed by atoms with Gasteiger partial charge in [-0.25, -0.2) is 18.3 Å². The lowest BCUT2D eigenvalue weighted by molar-refractivity contribution is -0.119. The second kappa shape index (κ2) is 7.64. The summed E-state index contributed by atoms with van der Waals surface area (Å²) >= 11 is 0. The van der Waals surface area contributed by atoms with Gasteiger partial charge in [-0.05, 0) is 6.42 Å². The Morgan fingerprint density at radius 2 is 2.07 bits per heavy atom. The minimum Gasteiger partial charge on any atom is -0.442 e. The SMILES string of the molecule is CC(=O)NC[C@H]1CN(c2cc(F)c(N3CCC(n4ccnn4)C3)c(F)c2)C(=O)O1. The molecule has 1 aromatic heterocycles. The van der Waals surface area contributed by atoms with E-state index in [-0.39, 0.29) is 36.4 Å². The van der Waals surface area contributed by atoms with Crippen molar-refractivity contribution in [3.05, 3.63) is 36.2 Å². The number of nitrogens with zero attached hydrogens (tertiary/aromatic N) is 5. The smallest absolute Gasteiger partial charge is 0.414 e. The van der Waals surface area contributed by atoms with Gasteiger partial charge in [0.2, 0.25) is 5.91 Å². The molecule has 2 atom stereocenters. The number of cyclic esters (lactones) is 1. The number of amides is 2. The highest BCUT2D eigenvalue weighted by Crippen LogP contribution is 2.34. The molecule has 0 aliphatic carbocycles. The zero-order valence-corrected chi connectivity index (χ0v) is 15.7. The number of carbonyl (C=O) groups is 2. The Bertz CT molecular complexity index is 899. The number of carbonyl (C=O) groups excluding carboxylic acids is 2. The fourth-order valence-corrected chi connectivity index (χ4v) is 3.68. The van der Waals surface area contributed by atoms with Gasteiger partial charge in [-0.1, -0.05) is 5.21 Å². The molecule has 2 saturated heterocycles. The summed E-state index contributed by atoms with van der Waals surface area (Å²) in [5.41, 5.74) is -0.0511. The molecule has 0 radical (unpaired) electrons. The Balaban J connectivity index is 1.49. The quantitative estimate of drug-likeness (QED) is 0.809. The average molecular weight is 406 g/mol. The van der Waals surface area contributed by atoms with E-state index in [9.17, 15) is 18.4 Å². The highest BCUT2D eigenvalue weighted by Gasteiger charge is 2.34. The first kappa shape index (κ1) is 19.1. The number of nitrogens with one attached hydrogen (secondary N) is 1. The number of anilines is 2. The summed E-state index contributed by atoms with van der Waals surface area (Å²) in [6.45, 7) is 2.46. The standard InChI is InChI=1S/C18H20F2N6O3/c1-11(27)21-8-14-10-25(18(28)29-14)13-6-15(19)17(16(20)7-13)24-4-2-12(9-24)26-5-3-22-23-26/h3,5-7,12,14H,2,4,8-10H2,1H3,(H,21,27)/t12?,14-/m0/s1. The van der Waals surface area contributed by atoms with Crippen LogP contribution in [-0.2, 0) is 9.53 Å². The van der Waals surface area contributed by atoms with Crippen molar-refractivity contribution in [1.29, 1.82) is 0 Å². The van der Waals surface area contributed by atoms with Crippen LogP contribution >= 0.6 is 0 Å². The maximum absolute atomic E-state index is 14.8. The summed E-state index contributed by atoms with van der Waals surface area (Å²) in [4.78, 5) is 25.9. The molecule has 154 valence electrons. The first-order valence-electron chi connectivity index (χ1n) is 9.24. The van der Waals surface area contributed by atoms with Gasteiger partial charge in [0.15, 0.2) is 11.6 Å². The highest BCUT2D eigenvalue weighted by molar-refractivity contribution is 5.90. The van der Waals surface area contributed by atoms with E-state index in [0.717, 1.165) is 17.0 Å². The number of hydrogen-bond acceptors (Lipinski definition) is 6. The lowest BCUT2D eigenvalue weighted by Gasteiger charge is -2.22. The van der Waals surface area contributed by atoms with Gasteiger partial charge in [-0.3, -0.25) is 9.69 Å². The Morgan fingerprint density at radius 1 is 1.31 bits per heavy atom. The maximum atomic E-state index is 14.8. The zero-order valence-electron chi connectivity index (χ0n) is 15.7. The molecule has 3 heterocycles. The minimum atomic E-state index is -0.752. The summed E-state index contributed by atoms with van der Waals surface area (Å²) in [5, 5.41) is 10.3. The summed E-state index contributed by atoms with van der Waals surface area (Å²) < 4.78 is 36.4. The number of halogens is 2. The molecular formula is C18H20F2N6O3. The molecule has 2 amide bonds. The van der Waals surface area contributed by atoms with Crippen molar-refractivity contribution >= 4 is 23.4 Å². The fourth-order valence-electron chi connectivity index (χ4n) is 3.68. The Kier molecular flexibility index (Phi) is 5.03. The molecule has 0 spiro atoms. The van der Waals surface area contributed by atoms with Crippen LogP contribution < -0.4 is 15.1 Å². The molecule has 0 saturated carbocycles. The summed E-state index contributed by atoms with van der Waals surface area (Å²) in [5.74, 6) is -1.76. The molecular weight excluding hydrogens is 386 g/mol.